The van der Waals surface area contributed by atoms with Crippen LogP contribution in [0.15, 0.2) is 66.8 Å². The summed E-state index contributed by atoms with van der Waals surface area (Å²) in [5, 5.41) is 2.76. The van der Waals surface area contributed by atoms with E-state index in [1.165, 1.54) is 12.2 Å². The molecule has 1 N–H and O–H groups in total. The fourth-order valence-electron chi connectivity index (χ4n) is 2.63. The topological polar surface area (TPSA) is 75.7 Å². The summed E-state index contributed by atoms with van der Waals surface area (Å²) in [4.78, 5) is 37.2. The third-order valence-electron chi connectivity index (χ3n) is 4.02. The van der Waals surface area contributed by atoms with Gasteiger partial charge in [0.1, 0.15) is 17.9 Å². The SMILES string of the molecule is C=CCN1C(=O)NC(=O)/C(=C/c2cccc(OCc3ccccc3Cl)c2)C1=O. The molecule has 142 valence electrons. The van der Waals surface area contributed by atoms with Gasteiger partial charge < -0.3 is 4.74 Å². The molecule has 0 saturated carbocycles. The number of ether oxygens (including phenoxy) is 1. The summed E-state index contributed by atoms with van der Waals surface area (Å²) in [6.07, 6.45) is 2.83. The van der Waals surface area contributed by atoms with Crippen LogP contribution in [-0.4, -0.2) is 29.3 Å². The van der Waals surface area contributed by atoms with Crippen LogP contribution in [0.5, 0.6) is 5.75 Å². The molecule has 2 aromatic rings. The summed E-state index contributed by atoms with van der Waals surface area (Å²) in [7, 11) is 0. The summed E-state index contributed by atoms with van der Waals surface area (Å²) in [6.45, 7) is 3.80. The molecule has 28 heavy (non-hydrogen) atoms. The predicted octanol–water partition coefficient (Wildman–Crippen LogP) is 3.57. The Morgan fingerprint density at radius 1 is 1.11 bits per heavy atom. The minimum Gasteiger partial charge on any atom is -0.489 e. The Labute approximate surface area is 167 Å². The van der Waals surface area contributed by atoms with Gasteiger partial charge >= 0.3 is 6.03 Å². The number of urea groups is 1. The number of hydrogen-bond donors (Lipinski definition) is 1. The Bertz CT molecular complexity index is 984. The summed E-state index contributed by atoms with van der Waals surface area (Å²) < 4.78 is 5.76. The van der Waals surface area contributed by atoms with Gasteiger partial charge in [-0.1, -0.05) is 48.0 Å². The first kappa shape index (κ1) is 19.4. The molecule has 0 aliphatic carbocycles. The molecule has 2 aromatic carbocycles. The van der Waals surface area contributed by atoms with Gasteiger partial charge in [-0.15, -0.1) is 6.58 Å². The van der Waals surface area contributed by atoms with Crippen LogP contribution in [0.1, 0.15) is 11.1 Å². The van der Waals surface area contributed by atoms with E-state index in [-0.39, 0.29) is 18.7 Å². The van der Waals surface area contributed by atoms with E-state index in [9.17, 15) is 14.4 Å². The van der Waals surface area contributed by atoms with Gasteiger partial charge in [-0.25, -0.2) is 4.79 Å². The maximum Gasteiger partial charge on any atom is 0.331 e. The lowest BCUT2D eigenvalue weighted by atomic mass is 10.1. The van der Waals surface area contributed by atoms with Crippen molar-refractivity contribution in [3.05, 3.63) is 82.9 Å². The molecule has 1 aliphatic rings. The summed E-state index contributed by atoms with van der Waals surface area (Å²) in [6, 6.07) is 13.5. The molecule has 0 radical (unpaired) electrons. The van der Waals surface area contributed by atoms with Crippen LogP contribution < -0.4 is 10.1 Å². The highest BCUT2D eigenvalue weighted by Crippen LogP contribution is 2.21. The summed E-state index contributed by atoms with van der Waals surface area (Å²) in [5.74, 6) is -0.856. The van der Waals surface area contributed by atoms with Crippen molar-refractivity contribution < 1.29 is 19.1 Å². The molecule has 7 heteroatoms. The zero-order valence-corrected chi connectivity index (χ0v) is 15.6. The van der Waals surface area contributed by atoms with E-state index in [2.05, 4.69) is 11.9 Å². The third-order valence-corrected chi connectivity index (χ3v) is 4.39. The zero-order valence-electron chi connectivity index (χ0n) is 14.9. The first-order chi connectivity index (χ1) is 13.5. The van der Waals surface area contributed by atoms with Gasteiger partial charge in [-0.3, -0.25) is 19.8 Å². The van der Waals surface area contributed by atoms with E-state index in [0.29, 0.717) is 16.3 Å². The van der Waals surface area contributed by atoms with Crippen LogP contribution in [0.3, 0.4) is 0 Å². The number of benzene rings is 2. The predicted molar refractivity (Wildman–Crippen MR) is 106 cm³/mol. The number of imide groups is 2. The smallest absolute Gasteiger partial charge is 0.331 e. The molecule has 6 nitrogen and oxygen atoms in total. The van der Waals surface area contributed by atoms with Crippen LogP contribution >= 0.6 is 11.6 Å². The highest BCUT2D eigenvalue weighted by molar-refractivity contribution is 6.31. The average molecular weight is 397 g/mol. The van der Waals surface area contributed by atoms with Gasteiger partial charge in [0.2, 0.25) is 0 Å². The monoisotopic (exact) mass is 396 g/mol. The summed E-state index contributed by atoms with van der Waals surface area (Å²) in [5.41, 5.74) is 1.29. The third kappa shape index (κ3) is 4.29. The van der Waals surface area contributed by atoms with Crippen LogP contribution in [0.4, 0.5) is 4.79 Å². The number of rotatable bonds is 6. The maximum absolute atomic E-state index is 12.5. The van der Waals surface area contributed by atoms with Crippen LogP contribution in [0.2, 0.25) is 5.02 Å². The van der Waals surface area contributed by atoms with E-state index in [0.717, 1.165) is 10.5 Å². The second kappa shape index (κ2) is 8.54. The van der Waals surface area contributed by atoms with E-state index < -0.39 is 17.8 Å². The quantitative estimate of drug-likeness (QED) is 0.460. The van der Waals surface area contributed by atoms with Crippen molar-refractivity contribution in [3.8, 4) is 5.75 Å². The fourth-order valence-corrected chi connectivity index (χ4v) is 2.82. The van der Waals surface area contributed by atoms with E-state index in [1.807, 2.05) is 18.2 Å². The van der Waals surface area contributed by atoms with Crippen molar-refractivity contribution in [2.45, 2.75) is 6.61 Å². The highest BCUT2D eigenvalue weighted by atomic mass is 35.5. The molecular weight excluding hydrogens is 380 g/mol. The number of nitrogens with one attached hydrogen (secondary N) is 1. The molecule has 0 bridgehead atoms. The molecule has 4 amide bonds. The Morgan fingerprint density at radius 3 is 2.64 bits per heavy atom. The second-order valence-electron chi connectivity index (χ2n) is 5.97. The zero-order chi connectivity index (χ0) is 20.1. The Kier molecular flexibility index (Phi) is 5.91. The maximum atomic E-state index is 12.5. The number of halogens is 1. The number of carbonyl (C=O) groups excluding carboxylic acids is 3. The largest absolute Gasteiger partial charge is 0.489 e. The standard InChI is InChI=1S/C21H17ClN2O4/c1-2-10-24-20(26)17(19(25)23-21(24)27)12-14-6-5-8-16(11-14)28-13-15-7-3-4-9-18(15)22/h2-9,11-12H,1,10,13H2,(H,23,25,27)/b17-12-. The van der Waals surface area contributed by atoms with Gasteiger partial charge in [-0.2, -0.15) is 0 Å². The number of carbonyl (C=O) groups is 3. The fraction of sp³-hybridized carbons (Fsp3) is 0.0952. The minimum absolute atomic E-state index is 0.0102. The highest BCUT2D eigenvalue weighted by Gasteiger charge is 2.34. The molecule has 1 saturated heterocycles. The van der Waals surface area contributed by atoms with E-state index in [4.69, 9.17) is 16.3 Å². The van der Waals surface area contributed by atoms with Crippen LogP contribution in [0, 0.1) is 0 Å². The van der Waals surface area contributed by atoms with Crippen molar-refractivity contribution in [2.75, 3.05) is 6.54 Å². The number of hydrogen-bond acceptors (Lipinski definition) is 4. The minimum atomic E-state index is -0.760. The van der Waals surface area contributed by atoms with Crippen molar-refractivity contribution in [3.63, 3.8) is 0 Å². The molecule has 0 aromatic heterocycles. The molecule has 0 unspecified atom stereocenters. The Balaban J connectivity index is 1.80. The van der Waals surface area contributed by atoms with Crippen LogP contribution in [0.25, 0.3) is 6.08 Å². The molecule has 1 fully saturated rings. The molecule has 1 aliphatic heterocycles. The molecule has 0 atom stereocenters. The van der Waals surface area contributed by atoms with Crippen LogP contribution in [-0.2, 0) is 16.2 Å². The number of barbiturate groups is 1. The first-order valence-electron chi connectivity index (χ1n) is 8.45. The van der Waals surface area contributed by atoms with Gasteiger partial charge in [-0.05, 0) is 29.8 Å². The molecular formula is C21H17ClN2O4. The summed E-state index contributed by atoms with van der Waals surface area (Å²) >= 11 is 6.12. The average Bonchev–Trinajstić information content (AvgIpc) is 2.68. The van der Waals surface area contributed by atoms with Gasteiger partial charge in [0, 0.05) is 17.1 Å². The van der Waals surface area contributed by atoms with Crippen molar-refractivity contribution in [2.24, 2.45) is 0 Å². The number of nitrogens with zero attached hydrogens (tertiary/aromatic N) is 1. The first-order valence-corrected chi connectivity index (χ1v) is 8.83. The van der Waals surface area contributed by atoms with E-state index >= 15 is 0 Å². The van der Waals surface area contributed by atoms with Gasteiger partial charge in [0.15, 0.2) is 0 Å². The Morgan fingerprint density at radius 2 is 1.89 bits per heavy atom. The second-order valence-corrected chi connectivity index (χ2v) is 6.38. The molecule has 3 rings (SSSR count). The lowest BCUT2D eigenvalue weighted by Gasteiger charge is -2.25. The van der Waals surface area contributed by atoms with Crippen molar-refractivity contribution >= 4 is 35.5 Å². The normalized spacial score (nSPS) is 15.5. The van der Waals surface area contributed by atoms with Crippen molar-refractivity contribution in [1.29, 1.82) is 0 Å². The number of amides is 4. The van der Waals surface area contributed by atoms with Gasteiger partial charge in [0.05, 0.1) is 0 Å². The lowest BCUT2D eigenvalue weighted by molar-refractivity contribution is -0.129. The molecule has 1 heterocycles. The van der Waals surface area contributed by atoms with E-state index in [1.54, 1.807) is 30.3 Å². The van der Waals surface area contributed by atoms with Crippen molar-refractivity contribution in [1.82, 2.24) is 10.2 Å². The molecule has 0 spiro atoms. The lowest BCUT2D eigenvalue weighted by Crippen LogP contribution is -2.54. The Hall–Kier alpha value is -3.38. The van der Waals surface area contributed by atoms with Gasteiger partial charge in [0.25, 0.3) is 11.8 Å².